The van der Waals surface area contributed by atoms with Crippen LogP contribution in [0.25, 0.3) is 0 Å². The number of nitrogens with one attached hydrogen (secondary N) is 1. The van der Waals surface area contributed by atoms with Gasteiger partial charge >= 0.3 is 0 Å². The first-order valence-electron chi connectivity index (χ1n) is 5.75. The second-order valence-corrected chi connectivity index (χ2v) is 4.50. The van der Waals surface area contributed by atoms with Crippen molar-refractivity contribution in [2.45, 2.75) is 26.8 Å². The van der Waals surface area contributed by atoms with Crippen molar-refractivity contribution in [2.24, 2.45) is 0 Å². The van der Waals surface area contributed by atoms with E-state index in [0.717, 1.165) is 16.9 Å². The lowest BCUT2D eigenvalue weighted by molar-refractivity contribution is 0.350. The van der Waals surface area contributed by atoms with Crippen LogP contribution in [0.4, 0.5) is 0 Å². The van der Waals surface area contributed by atoms with E-state index in [2.05, 4.69) is 31.3 Å². The monoisotopic (exact) mass is 253 g/mol. The molecule has 0 aliphatic carbocycles. The van der Waals surface area contributed by atoms with Crippen LogP contribution in [0.1, 0.15) is 31.0 Å². The summed E-state index contributed by atoms with van der Waals surface area (Å²) in [6, 6.07) is 6.60. The van der Waals surface area contributed by atoms with Gasteiger partial charge in [-0.2, -0.15) is 0 Å². The Hall–Kier alpha value is -0.990. The summed E-state index contributed by atoms with van der Waals surface area (Å²) >= 11 is 5.59. The van der Waals surface area contributed by atoms with E-state index in [1.807, 2.05) is 20.0 Å². The molecule has 1 atom stereocenters. The number of benzene rings is 1. The number of ether oxygens (including phenoxy) is 1. The van der Waals surface area contributed by atoms with Crippen molar-refractivity contribution in [1.82, 2.24) is 5.32 Å². The Morgan fingerprint density at radius 1 is 1.53 bits per heavy atom. The molecule has 0 aliphatic rings. The number of rotatable bonds is 5. The van der Waals surface area contributed by atoms with E-state index in [0.29, 0.717) is 12.6 Å². The van der Waals surface area contributed by atoms with Gasteiger partial charge in [-0.1, -0.05) is 23.7 Å². The summed E-state index contributed by atoms with van der Waals surface area (Å²) in [4.78, 5) is 0. The molecule has 1 rings (SSSR count). The van der Waals surface area contributed by atoms with Crippen molar-refractivity contribution in [3.63, 3.8) is 0 Å². The van der Waals surface area contributed by atoms with Crippen molar-refractivity contribution >= 4 is 11.6 Å². The Labute approximate surface area is 109 Å². The molecule has 0 saturated heterocycles. The number of hydrogen-bond acceptors (Lipinski definition) is 2. The molecule has 2 nitrogen and oxygen atoms in total. The van der Waals surface area contributed by atoms with Gasteiger partial charge in [0, 0.05) is 11.6 Å². The lowest BCUT2D eigenvalue weighted by atomic mass is 10.1. The Morgan fingerprint density at radius 2 is 2.24 bits per heavy atom. The minimum atomic E-state index is 0.354. The van der Waals surface area contributed by atoms with Crippen LogP contribution in [0.2, 0.25) is 0 Å². The minimum absolute atomic E-state index is 0.354. The summed E-state index contributed by atoms with van der Waals surface area (Å²) in [6.45, 7) is 6.67. The van der Waals surface area contributed by atoms with Gasteiger partial charge < -0.3 is 10.1 Å². The molecule has 3 heteroatoms. The third kappa shape index (κ3) is 4.06. The number of aryl methyl sites for hydroxylation is 1. The first-order chi connectivity index (χ1) is 8.08. The maximum absolute atomic E-state index is 5.68. The third-order valence-corrected chi connectivity index (χ3v) is 3.15. The number of hydrogen-bond donors (Lipinski definition) is 1. The van der Waals surface area contributed by atoms with Gasteiger partial charge in [0.2, 0.25) is 0 Å². The summed E-state index contributed by atoms with van der Waals surface area (Å²) in [5.41, 5.74) is 4.97. The molecule has 0 amide bonds. The van der Waals surface area contributed by atoms with Gasteiger partial charge in [-0.3, -0.25) is 0 Å². The molecule has 0 saturated carbocycles. The van der Waals surface area contributed by atoms with Crippen LogP contribution in [0, 0.1) is 6.92 Å². The fraction of sp³-hybridized carbons (Fsp3) is 0.429. The quantitative estimate of drug-likeness (QED) is 0.862. The summed E-state index contributed by atoms with van der Waals surface area (Å²) in [5, 5.41) is 3.22. The maximum Gasteiger partial charge on any atom is 0.122 e. The average Bonchev–Trinajstić information content (AvgIpc) is 2.35. The van der Waals surface area contributed by atoms with Gasteiger partial charge in [-0.15, -0.1) is 0 Å². The SMILES string of the molecule is CNC(C)c1ccc(OC/C(C)=C/Cl)c(C)c1. The first-order valence-corrected chi connectivity index (χ1v) is 6.18. The molecule has 0 aromatic heterocycles. The second-order valence-electron chi connectivity index (χ2n) is 4.28. The zero-order valence-corrected chi connectivity index (χ0v) is 11.6. The Bertz CT molecular complexity index is 401. The molecule has 1 N–H and O–H groups in total. The van der Waals surface area contributed by atoms with Gasteiger partial charge in [0.15, 0.2) is 0 Å². The Kier molecular flexibility index (Phi) is 5.52. The highest BCUT2D eigenvalue weighted by Crippen LogP contribution is 2.23. The molecule has 94 valence electrons. The molecular weight excluding hydrogens is 234 g/mol. The first kappa shape index (κ1) is 14.1. The molecule has 1 aromatic carbocycles. The maximum atomic E-state index is 5.68. The highest BCUT2D eigenvalue weighted by molar-refractivity contribution is 6.25. The fourth-order valence-corrected chi connectivity index (χ4v) is 1.56. The summed E-state index contributed by atoms with van der Waals surface area (Å²) in [6.07, 6.45) is 0. The van der Waals surface area contributed by atoms with E-state index in [1.165, 1.54) is 5.56 Å². The van der Waals surface area contributed by atoms with Crippen molar-refractivity contribution in [3.8, 4) is 5.75 Å². The van der Waals surface area contributed by atoms with Crippen LogP contribution in [0.3, 0.4) is 0 Å². The van der Waals surface area contributed by atoms with Gasteiger partial charge in [0.25, 0.3) is 0 Å². The van der Waals surface area contributed by atoms with Crippen LogP contribution in [-0.2, 0) is 0 Å². The topological polar surface area (TPSA) is 21.3 Å². The smallest absolute Gasteiger partial charge is 0.122 e. The Morgan fingerprint density at radius 3 is 2.76 bits per heavy atom. The van der Waals surface area contributed by atoms with Crippen LogP contribution >= 0.6 is 11.6 Å². The third-order valence-electron chi connectivity index (χ3n) is 2.77. The largest absolute Gasteiger partial charge is 0.489 e. The van der Waals surface area contributed by atoms with Crippen LogP contribution in [-0.4, -0.2) is 13.7 Å². The van der Waals surface area contributed by atoms with Crippen molar-refractivity contribution in [1.29, 1.82) is 0 Å². The molecule has 0 spiro atoms. The Balaban J connectivity index is 2.76. The highest BCUT2D eigenvalue weighted by atomic mass is 35.5. The molecule has 1 unspecified atom stereocenters. The molecule has 17 heavy (non-hydrogen) atoms. The summed E-state index contributed by atoms with van der Waals surface area (Å²) < 4.78 is 5.68. The molecule has 0 fully saturated rings. The van der Waals surface area contributed by atoms with Gasteiger partial charge in [0.1, 0.15) is 12.4 Å². The van der Waals surface area contributed by atoms with Crippen LogP contribution < -0.4 is 10.1 Å². The van der Waals surface area contributed by atoms with E-state index in [1.54, 1.807) is 5.54 Å². The zero-order valence-electron chi connectivity index (χ0n) is 10.9. The van der Waals surface area contributed by atoms with Crippen LogP contribution in [0.15, 0.2) is 29.3 Å². The van der Waals surface area contributed by atoms with E-state index in [4.69, 9.17) is 16.3 Å². The van der Waals surface area contributed by atoms with Gasteiger partial charge in [-0.25, -0.2) is 0 Å². The molecule has 1 aromatic rings. The van der Waals surface area contributed by atoms with Crippen molar-refractivity contribution in [3.05, 3.63) is 40.4 Å². The van der Waals surface area contributed by atoms with Gasteiger partial charge in [0.05, 0.1) is 0 Å². The number of halogens is 1. The lowest BCUT2D eigenvalue weighted by Gasteiger charge is -2.14. The second kappa shape index (κ2) is 6.67. The molecule has 0 heterocycles. The van der Waals surface area contributed by atoms with Crippen molar-refractivity contribution < 1.29 is 4.74 Å². The van der Waals surface area contributed by atoms with E-state index >= 15 is 0 Å². The average molecular weight is 254 g/mol. The van der Waals surface area contributed by atoms with Gasteiger partial charge in [-0.05, 0) is 50.6 Å². The summed E-state index contributed by atoms with van der Waals surface area (Å²) in [5.74, 6) is 0.912. The van der Waals surface area contributed by atoms with E-state index in [-0.39, 0.29) is 0 Å². The lowest BCUT2D eigenvalue weighted by Crippen LogP contribution is -2.12. The van der Waals surface area contributed by atoms with E-state index in [9.17, 15) is 0 Å². The minimum Gasteiger partial charge on any atom is -0.489 e. The van der Waals surface area contributed by atoms with E-state index < -0.39 is 0 Å². The molecule has 0 radical (unpaired) electrons. The predicted molar refractivity (Wildman–Crippen MR) is 73.8 cm³/mol. The normalized spacial score (nSPS) is 13.6. The van der Waals surface area contributed by atoms with Crippen molar-refractivity contribution in [2.75, 3.05) is 13.7 Å². The summed E-state index contributed by atoms with van der Waals surface area (Å²) in [7, 11) is 1.96. The molecule has 0 aliphatic heterocycles. The zero-order chi connectivity index (χ0) is 12.8. The molecular formula is C14H20ClNO. The predicted octanol–water partition coefficient (Wildman–Crippen LogP) is 3.80. The molecule has 0 bridgehead atoms. The highest BCUT2D eigenvalue weighted by Gasteiger charge is 2.06. The van der Waals surface area contributed by atoms with Crippen LogP contribution in [0.5, 0.6) is 5.75 Å². The standard InChI is InChI=1S/C14H20ClNO/c1-10(8-15)9-17-14-6-5-13(7-11(14)2)12(3)16-4/h5-8,12,16H,9H2,1-4H3/b10-8+. The fourth-order valence-electron chi connectivity index (χ4n) is 1.49.